The minimum atomic E-state index is -0.200. The van der Waals surface area contributed by atoms with Crippen LogP contribution in [0.5, 0.6) is 0 Å². The van der Waals surface area contributed by atoms with Gasteiger partial charge in [-0.15, -0.1) is 0 Å². The van der Waals surface area contributed by atoms with Crippen LogP contribution in [0.25, 0.3) is 5.69 Å². The first kappa shape index (κ1) is 23.0. The van der Waals surface area contributed by atoms with Crippen molar-refractivity contribution < 1.29 is 9.59 Å². The van der Waals surface area contributed by atoms with Gasteiger partial charge in [-0.05, 0) is 45.7 Å². The second-order valence-electron chi connectivity index (χ2n) is 10.0. The molecule has 2 amide bonds. The van der Waals surface area contributed by atoms with Gasteiger partial charge in [0.15, 0.2) is 0 Å². The molecular weight excluding hydrogens is 388 g/mol. The summed E-state index contributed by atoms with van der Waals surface area (Å²) >= 11 is 0. The molecule has 0 aliphatic heterocycles. The smallest absolute Gasteiger partial charge is 0.245 e. The molecule has 168 valence electrons. The second kappa shape index (κ2) is 9.25. The van der Waals surface area contributed by atoms with Gasteiger partial charge >= 0.3 is 0 Å². The third kappa shape index (κ3) is 5.54. The first-order valence-corrected chi connectivity index (χ1v) is 11.3. The van der Waals surface area contributed by atoms with Crippen LogP contribution >= 0.6 is 0 Å². The lowest BCUT2D eigenvalue weighted by molar-refractivity contribution is -0.140. The number of hydrogen-bond acceptors (Lipinski definition) is 3. The van der Waals surface area contributed by atoms with Gasteiger partial charge in [-0.3, -0.25) is 9.59 Å². The molecular formula is C25H36N4O2. The van der Waals surface area contributed by atoms with Crippen molar-refractivity contribution in [1.82, 2.24) is 14.7 Å². The molecule has 1 aliphatic carbocycles. The van der Waals surface area contributed by atoms with Crippen LogP contribution in [-0.2, 0) is 15.0 Å². The Bertz CT molecular complexity index is 916. The van der Waals surface area contributed by atoms with Crippen molar-refractivity contribution >= 4 is 17.6 Å². The molecule has 0 spiro atoms. The molecule has 3 rings (SSSR count). The summed E-state index contributed by atoms with van der Waals surface area (Å²) in [5.74, 6) is 0.579. The van der Waals surface area contributed by atoms with E-state index in [4.69, 9.17) is 5.10 Å². The number of nitrogens with zero attached hydrogens (tertiary/aromatic N) is 3. The zero-order valence-electron chi connectivity index (χ0n) is 19.7. The largest absolute Gasteiger partial charge is 0.331 e. The van der Waals surface area contributed by atoms with Gasteiger partial charge in [-0.1, -0.05) is 51.3 Å². The monoisotopic (exact) mass is 424 g/mol. The van der Waals surface area contributed by atoms with Gasteiger partial charge in [-0.25, -0.2) is 4.68 Å². The summed E-state index contributed by atoms with van der Waals surface area (Å²) < 4.78 is 1.77. The summed E-state index contributed by atoms with van der Waals surface area (Å²) in [4.78, 5) is 27.7. The normalized spacial score (nSPS) is 14.8. The average molecular weight is 425 g/mol. The predicted octanol–water partition coefficient (Wildman–Crippen LogP) is 4.84. The second-order valence-corrected chi connectivity index (χ2v) is 10.0. The number of benzene rings is 1. The molecule has 1 aliphatic rings. The molecule has 0 atom stereocenters. The summed E-state index contributed by atoms with van der Waals surface area (Å²) in [7, 11) is 0. The molecule has 0 unspecified atom stereocenters. The Labute approximate surface area is 186 Å². The third-order valence-corrected chi connectivity index (χ3v) is 5.95. The summed E-state index contributed by atoms with van der Waals surface area (Å²) in [6, 6.07) is 9.95. The van der Waals surface area contributed by atoms with Crippen molar-refractivity contribution in [2.45, 2.75) is 78.7 Å². The van der Waals surface area contributed by atoms with Gasteiger partial charge < -0.3 is 10.2 Å². The van der Waals surface area contributed by atoms with Crippen molar-refractivity contribution in [1.29, 1.82) is 0 Å². The molecule has 1 aromatic carbocycles. The van der Waals surface area contributed by atoms with Crippen molar-refractivity contribution in [2.24, 2.45) is 5.92 Å². The molecule has 1 heterocycles. The third-order valence-electron chi connectivity index (χ3n) is 5.95. The number of nitrogens with one attached hydrogen (secondary N) is 1. The van der Waals surface area contributed by atoms with Crippen LogP contribution in [0, 0.1) is 12.8 Å². The molecule has 1 saturated carbocycles. The molecule has 2 aromatic rings. The molecule has 1 N–H and O–H groups in total. The van der Waals surface area contributed by atoms with E-state index in [2.05, 4.69) is 26.1 Å². The highest BCUT2D eigenvalue weighted by atomic mass is 16.2. The van der Waals surface area contributed by atoms with Crippen LogP contribution in [0.1, 0.15) is 71.6 Å². The Kier molecular flexibility index (Phi) is 6.87. The SMILES string of the molecule is Cc1ccc(-n2nc(C(C)(C)C)cc2NC(=O)CN(C(=O)C2CCCC2)C(C)C)cc1. The van der Waals surface area contributed by atoms with Crippen molar-refractivity contribution in [3.8, 4) is 5.69 Å². The Balaban J connectivity index is 1.82. The van der Waals surface area contributed by atoms with Crippen LogP contribution in [0.15, 0.2) is 30.3 Å². The zero-order chi connectivity index (χ0) is 22.8. The lowest BCUT2D eigenvalue weighted by Crippen LogP contribution is -2.45. The van der Waals surface area contributed by atoms with Gasteiger partial charge in [0, 0.05) is 23.4 Å². The van der Waals surface area contributed by atoms with E-state index in [1.165, 1.54) is 0 Å². The Morgan fingerprint density at radius 3 is 2.32 bits per heavy atom. The molecule has 0 saturated heterocycles. The minimum absolute atomic E-state index is 0.0222. The maximum absolute atomic E-state index is 13.0. The number of aromatic nitrogens is 2. The van der Waals surface area contributed by atoms with E-state index in [-0.39, 0.29) is 35.7 Å². The molecule has 31 heavy (non-hydrogen) atoms. The fourth-order valence-corrected chi connectivity index (χ4v) is 3.98. The Morgan fingerprint density at radius 1 is 1.16 bits per heavy atom. The number of hydrogen-bond donors (Lipinski definition) is 1. The lowest BCUT2D eigenvalue weighted by atomic mass is 9.92. The fourth-order valence-electron chi connectivity index (χ4n) is 3.98. The van der Waals surface area contributed by atoms with Gasteiger partial charge in [0.05, 0.1) is 11.4 Å². The average Bonchev–Trinajstić information content (AvgIpc) is 3.36. The van der Waals surface area contributed by atoms with E-state index in [0.29, 0.717) is 5.82 Å². The maximum atomic E-state index is 13.0. The molecule has 0 bridgehead atoms. The summed E-state index contributed by atoms with van der Waals surface area (Å²) in [5, 5.41) is 7.78. The van der Waals surface area contributed by atoms with Gasteiger partial charge in [-0.2, -0.15) is 5.10 Å². The maximum Gasteiger partial charge on any atom is 0.245 e. The number of anilines is 1. The van der Waals surface area contributed by atoms with Crippen LogP contribution in [0.3, 0.4) is 0 Å². The fraction of sp³-hybridized carbons (Fsp3) is 0.560. The molecule has 1 fully saturated rings. The number of aryl methyl sites for hydroxylation is 1. The summed E-state index contributed by atoms with van der Waals surface area (Å²) in [6.07, 6.45) is 4.05. The van der Waals surface area contributed by atoms with Crippen molar-refractivity contribution in [3.63, 3.8) is 0 Å². The highest BCUT2D eigenvalue weighted by molar-refractivity contribution is 5.94. The highest BCUT2D eigenvalue weighted by Gasteiger charge is 2.30. The van der Waals surface area contributed by atoms with E-state index >= 15 is 0 Å². The van der Waals surface area contributed by atoms with Crippen LogP contribution in [0.4, 0.5) is 5.82 Å². The number of carbonyl (C=O) groups is 2. The van der Waals surface area contributed by atoms with E-state index in [0.717, 1.165) is 42.6 Å². The van der Waals surface area contributed by atoms with Crippen molar-refractivity contribution in [2.75, 3.05) is 11.9 Å². The minimum Gasteiger partial charge on any atom is -0.331 e. The molecule has 1 aromatic heterocycles. The Morgan fingerprint density at radius 2 is 1.77 bits per heavy atom. The topological polar surface area (TPSA) is 67.2 Å². The van der Waals surface area contributed by atoms with E-state index in [9.17, 15) is 9.59 Å². The van der Waals surface area contributed by atoms with E-state index in [1.807, 2.05) is 51.1 Å². The van der Waals surface area contributed by atoms with Gasteiger partial charge in [0.25, 0.3) is 0 Å². The standard InChI is InChI=1S/C25H36N4O2/c1-17(2)28(24(31)19-9-7-8-10-19)16-23(30)26-22-15-21(25(4,5)6)27-29(22)20-13-11-18(3)12-14-20/h11-15,17,19H,7-10,16H2,1-6H3,(H,26,30). The zero-order valence-corrected chi connectivity index (χ0v) is 19.7. The summed E-state index contributed by atoms with van der Waals surface area (Å²) in [6.45, 7) is 12.3. The van der Waals surface area contributed by atoms with E-state index < -0.39 is 0 Å². The van der Waals surface area contributed by atoms with Crippen LogP contribution in [-0.4, -0.2) is 39.1 Å². The van der Waals surface area contributed by atoms with Gasteiger partial charge in [0.1, 0.15) is 12.4 Å². The van der Waals surface area contributed by atoms with Crippen LogP contribution in [0.2, 0.25) is 0 Å². The molecule has 6 heteroatoms. The number of amides is 2. The predicted molar refractivity (Wildman–Crippen MR) is 124 cm³/mol. The van der Waals surface area contributed by atoms with Crippen molar-refractivity contribution in [3.05, 3.63) is 41.6 Å². The highest BCUT2D eigenvalue weighted by Crippen LogP contribution is 2.28. The number of carbonyl (C=O) groups excluding carboxylic acids is 2. The first-order chi connectivity index (χ1) is 14.6. The number of rotatable bonds is 6. The molecule has 0 radical (unpaired) electrons. The van der Waals surface area contributed by atoms with E-state index in [1.54, 1.807) is 9.58 Å². The molecule has 6 nitrogen and oxygen atoms in total. The summed E-state index contributed by atoms with van der Waals surface area (Å²) in [5.41, 5.74) is 2.79. The first-order valence-electron chi connectivity index (χ1n) is 11.3. The van der Waals surface area contributed by atoms with Crippen LogP contribution < -0.4 is 5.32 Å². The Hall–Kier alpha value is -2.63. The van der Waals surface area contributed by atoms with Gasteiger partial charge in [0.2, 0.25) is 11.8 Å². The lowest BCUT2D eigenvalue weighted by Gasteiger charge is -2.28. The quantitative estimate of drug-likeness (QED) is 0.721.